The van der Waals surface area contributed by atoms with E-state index in [1.807, 2.05) is 6.92 Å². The Morgan fingerprint density at radius 2 is 2.16 bits per heavy atom. The van der Waals surface area contributed by atoms with Crippen molar-refractivity contribution in [3.8, 4) is 0 Å². The van der Waals surface area contributed by atoms with Crippen molar-refractivity contribution in [3.05, 3.63) is 0 Å². The molecule has 0 aromatic heterocycles. The normalized spacial score (nSPS) is 21.7. The minimum atomic E-state index is -0.312. The highest BCUT2D eigenvalue weighted by Crippen LogP contribution is 2.15. The van der Waals surface area contributed by atoms with Gasteiger partial charge in [0.25, 0.3) is 0 Å². The average molecular weight is 270 g/mol. The second-order valence-electron chi connectivity index (χ2n) is 5.46. The van der Waals surface area contributed by atoms with Gasteiger partial charge >= 0.3 is 0 Å². The van der Waals surface area contributed by atoms with E-state index in [4.69, 9.17) is 5.73 Å². The largest absolute Gasteiger partial charge is 0.351 e. The average Bonchev–Trinajstić information content (AvgIpc) is 2.35. The predicted octanol–water partition coefficient (Wildman–Crippen LogP) is -0.702. The van der Waals surface area contributed by atoms with E-state index in [-0.39, 0.29) is 30.9 Å². The number of amides is 2. The summed E-state index contributed by atoms with van der Waals surface area (Å²) in [4.78, 5) is 24.9. The molecule has 19 heavy (non-hydrogen) atoms. The molecule has 0 aliphatic carbocycles. The lowest BCUT2D eigenvalue weighted by Gasteiger charge is -2.32. The third-order valence-electron chi connectivity index (χ3n) is 3.31. The molecule has 1 aliphatic heterocycles. The predicted molar refractivity (Wildman–Crippen MR) is 74.5 cm³/mol. The molecular weight excluding hydrogens is 244 g/mol. The van der Waals surface area contributed by atoms with Gasteiger partial charge in [0.2, 0.25) is 11.8 Å². The van der Waals surface area contributed by atoms with Crippen molar-refractivity contribution in [1.29, 1.82) is 0 Å². The van der Waals surface area contributed by atoms with Crippen molar-refractivity contribution in [2.45, 2.75) is 32.7 Å². The fraction of sp³-hybridized carbons (Fsp3) is 0.846. The van der Waals surface area contributed by atoms with Crippen molar-refractivity contribution in [2.75, 3.05) is 32.7 Å². The Kier molecular flexibility index (Phi) is 6.80. The monoisotopic (exact) mass is 270 g/mol. The SMILES string of the molecule is CC1CCCN(CC(C)NC(=O)CNC(=O)CN)C1. The van der Waals surface area contributed by atoms with Crippen LogP contribution in [0, 0.1) is 5.92 Å². The molecule has 4 N–H and O–H groups in total. The number of nitrogens with two attached hydrogens (primary N) is 1. The van der Waals surface area contributed by atoms with Crippen LogP contribution in [0.4, 0.5) is 0 Å². The summed E-state index contributed by atoms with van der Waals surface area (Å²) >= 11 is 0. The molecule has 0 radical (unpaired) electrons. The van der Waals surface area contributed by atoms with Gasteiger partial charge in [-0.1, -0.05) is 6.92 Å². The van der Waals surface area contributed by atoms with Crippen LogP contribution >= 0.6 is 0 Å². The van der Waals surface area contributed by atoms with Crippen LogP contribution in [0.5, 0.6) is 0 Å². The number of nitrogens with one attached hydrogen (secondary N) is 2. The zero-order valence-corrected chi connectivity index (χ0v) is 11.9. The molecule has 0 spiro atoms. The Morgan fingerprint density at radius 3 is 2.79 bits per heavy atom. The molecule has 6 heteroatoms. The standard InChI is InChI=1S/C13H26N4O2/c1-10-4-3-5-17(8-10)9-11(2)16-13(19)7-15-12(18)6-14/h10-11H,3-9,14H2,1-2H3,(H,15,18)(H,16,19). The molecule has 0 bridgehead atoms. The van der Waals surface area contributed by atoms with Gasteiger partial charge < -0.3 is 21.3 Å². The van der Waals surface area contributed by atoms with Gasteiger partial charge in [0.1, 0.15) is 0 Å². The van der Waals surface area contributed by atoms with Crippen molar-refractivity contribution in [2.24, 2.45) is 11.7 Å². The van der Waals surface area contributed by atoms with E-state index in [1.165, 1.54) is 12.8 Å². The zero-order valence-electron chi connectivity index (χ0n) is 11.9. The maximum Gasteiger partial charge on any atom is 0.239 e. The lowest BCUT2D eigenvalue weighted by atomic mass is 10.00. The molecule has 1 fully saturated rings. The summed E-state index contributed by atoms with van der Waals surface area (Å²) in [5.41, 5.74) is 5.15. The van der Waals surface area contributed by atoms with Crippen LogP contribution in [0.15, 0.2) is 0 Å². The van der Waals surface area contributed by atoms with Crippen LogP contribution in [0.25, 0.3) is 0 Å². The molecule has 110 valence electrons. The summed E-state index contributed by atoms with van der Waals surface area (Å²) in [7, 11) is 0. The van der Waals surface area contributed by atoms with Gasteiger partial charge in [-0.05, 0) is 32.2 Å². The van der Waals surface area contributed by atoms with E-state index >= 15 is 0 Å². The minimum Gasteiger partial charge on any atom is -0.351 e. The molecule has 1 saturated heterocycles. The van der Waals surface area contributed by atoms with Crippen molar-refractivity contribution >= 4 is 11.8 Å². The maximum atomic E-state index is 11.6. The number of nitrogens with zero attached hydrogens (tertiary/aromatic N) is 1. The molecule has 2 unspecified atom stereocenters. The van der Waals surface area contributed by atoms with E-state index in [0.717, 1.165) is 25.6 Å². The van der Waals surface area contributed by atoms with Gasteiger partial charge in [0.15, 0.2) is 0 Å². The number of carbonyl (C=O) groups excluding carboxylic acids is 2. The lowest BCUT2D eigenvalue weighted by molar-refractivity contribution is -0.125. The van der Waals surface area contributed by atoms with Gasteiger partial charge in [-0.25, -0.2) is 0 Å². The van der Waals surface area contributed by atoms with Crippen LogP contribution in [0.1, 0.15) is 26.7 Å². The quantitative estimate of drug-likeness (QED) is 0.595. The van der Waals surface area contributed by atoms with Gasteiger partial charge in [-0.3, -0.25) is 9.59 Å². The third-order valence-corrected chi connectivity index (χ3v) is 3.31. The number of carbonyl (C=O) groups is 2. The van der Waals surface area contributed by atoms with Gasteiger partial charge in [-0.15, -0.1) is 0 Å². The van der Waals surface area contributed by atoms with Crippen LogP contribution in [0.3, 0.4) is 0 Å². The van der Waals surface area contributed by atoms with E-state index in [1.54, 1.807) is 0 Å². The Bertz CT molecular complexity index is 309. The Morgan fingerprint density at radius 1 is 1.42 bits per heavy atom. The van der Waals surface area contributed by atoms with Crippen LogP contribution in [0.2, 0.25) is 0 Å². The molecule has 2 amide bonds. The molecule has 1 rings (SSSR count). The molecule has 6 nitrogen and oxygen atoms in total. The Labute approximate surface area is 115 Å². The second-order valence-corrected chi connectivity index (χ2v) is 5.46. The highest BCUT2D eigenvalue weighted by Gasteiger charge is 2.18. The first-order chi connectivity index (χ1) is 9.01. The summed E-state index contributed by atoms with van der Waals surface area (Å²) in [5, 5.41) is 5.34. The number of hydrogen-bond acceptors (Lipinski definition) is 4. The number of piperidine rings is 1. The molecular formula is C13H26N4O2. The number of hydrogen-bond donors (Lipinski definition) is 3. The molecule has 0 aromatic carbocycles. The fourth-order valence-electron chi connectivity index (χ4n) is 2.46. The minimum absolute atomic E-state index is 0.00320. The Balaban J connectivity index is 2.20. The topological polar surface area (TPSA) is 87.5 Å². The summed E-state index contributed by atoms with van der Waals surface area (Å²) in [6, 6.07) is 0.0904. The molecule has 0 saturated carbocycles. The summed E-state index contributed by atoms with van der Waals surface area (Å²) in [5.74, 6) is 0.257. The number of rotatable bonds is 6. The Hall–Kier alpha value is -1.14. The molecule has 1 heterocycles. The lowest BCUT2D eigenvalue weighted by Crippen LogP contribution is -2.48. The third kappa shape index (κ3) is 6.54. The number of likely N-dealkylation sites (tertiary alicyclic amines) is 1. The first-order valence-corrected chi connectivity index (χ1v) is 6.99. The van der Waals surface area contributed by atoms with E-state index in [2.05, 4.69) is 22.5 Å². The smallest absolute Gasteiger partial charge is 0.239 e. The van der Waals surface area contributed by atoms with Gasteiger partial charge in [-0.2, -0.15) is 0 Å². The van der Waals surface area contributed by atoms with E-state index in [9.17, 15) is 9.59 Å². The molecule has 1 aliphatic rings. The van der Waals surface area contributed by atoms with Crippen molar-refractivity contribution in [1.82, 2.24) is 15.5 Å². The molecule has 0 aromatic rings. The zero-order chi connectivity index (χ0) is 14.3. The van der Waals surface area contributed by atoms with E-state index in [0.29, 0.717) is 0 Å². The second kappa shape index (κ2) is 8.12. The highest BCUT2D eigenvalue weighted by atomic mass is 16.2. The highest BCUT2D eigenvalue weighted by molar-refractivity contribution is 5.85. The summed E-state index contributed by atoms with van der Waals surface area (Å²) < 4.78 is 0. The maximum absolute atomic E-state index is 11.6. The fourth-order valence-corrected chi connectivity index (χ4v) is 2.46. The van der Waals surface area contributed by atoms with Crippen molar-refractivity contribution < 1.29 is 9.59 Å². The van der Waals surface area contributed by atoms with Crippen LogP contribution < -0.4 is 16.4 Å². The van der Waals surface area contributed by atoms with Crippen molar-refractivity contribution in [3.63, 3.8) is 0 Å². The summed E-state index contributed by atoms with van der Waals surface area (Å²) in [6.07, 6.45) is 2.52. The van der Waals surface area contributed by atoms with Crippen LogP contribution in [-0.4, -0.2) is 55.5 Å². The first-order valence-electron chi connectivity index (χ1n) is 6.99. The van der Waals surface area contributed by atoms with Gasteiger partial charge in [0.05, 0.1) is 13.1 Å². The first kappa shape index (κ1) is 15.9. The summed E-state index contributed by atoms with van der Waals surface area (Å²) in [6.45, 7) is 7.23. The van der Waals surface area contributed by atoms with Gasteiger partial charge in [0, 0.05) is 19.1 Å². The van der Waals surface area contributed by atoms with E-state index < -0.39 is 0 Å². The van der Waals surface area contributed by atoms with Crippen LogP contribution in [-0.2, 0) is 9.59 Å². The molecule has 2 atom stereocenters.